The molecule has 2 heteroatoms. The number of thiophene rings is 1. The molecule has 0 saturated carbocycles. The first-order valence-corrected chi connectivity index (χ1v) is 21.7. The first-order valence-electron chi connectivity index (χ1n) is 20.9. The Morgan fingerprint density at radius 2 is 0.883 bits per heavy atom. The Labute approximate surface area is 355 Å². The minimum Gasteiger partial charge on any atom is -0.310 e. The fourth-order valence-electron chi connectivity index (χ4n) is 10.6. The zero-order valence-corrected chi connectivity index (χ0v) is 34.4. The molecule has 0 bridgehead atoms. The van der Waals surface area contributed by atoms with Gasteiger partial charge in [0.25, 0.3) is 0 Å². The molecular weight excluding hydrogens is 743 g/mol. The van der Waals surface area contributed by atoms with Gasteiger partial charge in [-0.25, -0.2) is 0 Å². The Bertz CT molecular complexity index is 3260. The van der Waals surface area contributed by atoms with Crippen molar-refractivity contribution in [2.75, 3.05) is 4.90 Å². The van der Waals surface area contributed by atoms with Gasteiger partial charge < -0.3 is 4.90 Å². The van der Waals surface area contributed by atoms with Crippen molar-refractivity contribution in [2.24, 2.45) is 0 Å². The summed E-state index contributed by atoms with van der Waals surface area (Å²) in [5.74, 6) is 0. The molecule has 1 heterocycles. The average Bonchev–Trinajstić information content (AvgIpc) is 3.90. The highest BCUT2D eigenvalue weighted by Crippen LogP contribution is 2.58. The van der Waals surface area contributed by atoms with Crippen molar-refractivity contribution >= 4 is 48.6 Å². The van der Waals surface area contributed by atoms with Gasteiger partial charge in [-0.15, -0.1) is 11.3 Å². The summed E-state index contributed by atoms with van der Waals surface area (Å²) in [5, 5.41) is 2.63. The van der Waals surface area contributed by atoms with Crippen LogP contribution in [0.5, 0.6) is 0 Å². The van der Waals surface area contributed by atoms with Crippen molar-refractivity contribution < 1.29 is 0 Å². The number of rotatable bonds is 6. The van der Waals surface area contributed by atoms with E-state index in [0.717, 1.165) is 17.1 Å². The van der Waals surface area contributed by atoms with Gasteiger partial charge in [-0.1, -0.05) is 172 Å². The lowest BCUT2D eigenvalue weighted by molar-refractivity contribution is 0.660. The minimum atomic E-state index is -0.502. The number of fused-ring (bicyclic) bond motifs is 9. The molecule has 0 N–H and O–H groups in total. The van der Waals surface area contributed by atoms with Gasteiger partial charge in [0.15, 0.2) is 0 Å². The molecular formula is C58H41NS. The Balaban J connectivity index is 1.09. The van der Waals surface area contributed by atoms with Crippen LogP contribution in [-0.4, -0.2) is 0 Å². The molecule has 0 radical (unpaired) electrons. The van der Waals surface area contributed by atoms with Gasteiger partial charge in [-0.3, -0.25) is 0 Å². The van der Waals surface area contributed by atoms with Crippen LogP contribution in [0.2, 0.25) is 0 Å². The van der Waals surface area contributed by atoms with Crippen LogP contribution in [0.15, 0.2) is 212 Å². The predicted molar refractivity (Wildman–Crippen MR) is 254 cm³/mol. The van der Waals surface area contributed by atoms with E-state index in [2.05, 4.69) is 231 Å². The van der Waals surface area contributed by atoms with Crippen molar-refractivity contribution in [1.29, 1.82) is 0 Å². The van der Waals surface area contributed by atoms with Gasteiger partial charge >= 0.3 is 0 Å². The summed E-state index contributed by atoms with van der Waals surface area (Å²) in [4.78, 5) is 2.49. The zero-order chi connectivity index (χ0) is 40.0. The van der Waals surface area contributed by atoms with Crippen LogP contribution in [0.4, 0.5) is 17.1 Å². The molecule has 0 amide bonds. The molecule has 0 spiro atoms. The van der Waals surface area contributed by atoms with Crippen molar-refractivity contribution in [3.63, 3.8) is 0 Å². The van der Waals surface area contributed by atoms with Gasteiger partial charge in [0.1, 0.15) is 0 Å². The number of hydrogen-bond donors (Lipinski definition) is 0. The smallest absolute Gasteiger partial charge is 0.0714 e. The summed E-state index contributed by atoms with van der Waals surface area (Å²) in [7, 11) is 0. The van der Waals surface area contributed by atoms with Crippen LogP contribution < -0.4 is 4.90 Å². The molecule has 0 aliphatic heterocycles. The van der Waals surface area contributed by atoms with Gasteiger partial charge in [0, 0.05) is 42.6 Å². The normalized spacial score (nSPS) is 14.1. The second-order valence-corrected chi connectivity index (χ2v) is 17.9. The second-order valence-electron chi connectivity index (χ2n) is 16.9. The maximum atomic E-state index is 2.49. The summed E-state index contributed by atoms with van der Waals surface area (Å²) in [6.45, 7) is 4.74. The summed E-state index contributed by atoms with van der Waals surface area (Å²) in [6, 6.07) is 79.4. The Kier molecular flexibility index (Phi) is 7.73. The summed E-state index contributed by atoms with van der Waals surface area (Å²) >= 11 is 1.87. The maximum absolute atomic E-state index is 2.49. The van der Waals surface area contributed by atoms with E-state index in [1.54, 1.807) is 0 Å². The molecule has 1 nitrogen and oxygen atoms in total. The molecule has 12 rings (SSSR count). The lowest BCUT2D eigenvalue weighted by Crippen LogP contribution is -2.28. The number of hydrogen-bond acceptors (Lipinski definition) is 2. The molecule has 0 saturated heterocycles. The SMILES string of the molecule is CC1(C)c2ccccc2-c2ccc(N(c3cccc(-c4ccc5sc6ccccc6c5c4)c3)c3ccc4c(c3)C(c3ccccc3)(c3ccccc3)c3ccccc3-4)cc21. The highest BCUT2D eigenvalue weighted by molar-refractivity contribution is 7.25. The third-order valence-corrected chi connectivity index (χ3v) is 14.5. The third-order valence-electron chi connectivity index (χ3n) is 13.3. The quantitative estimate of drug-likeness (QED) is 0.162. The standard InChI is InChI=1S/C58H41NS/c1-57(2)51-25-12-9-22-45(51)47-31-29-43(36-53(47)57)59(42-21-15-16-38(34-42)39-28-33-56-50(35-39)49-24-11-14-27-55(49)60-56)44-30-32-48-46-23-10-13-26-52(46)58(54(48)37-44,40-17-5-3-6-18-40)41-19-7-4-8-20-41/h3-37H,1-2H3. The van der Waals surface area contributed by atoms with E-state index in [-0.39, 0.29) is 5.41 Å². The predicted octanol–water partition coefficient (Wildman–Crippen LogP) is 15.9. The van der Waals surface area contributed by atoms with Crippen LogP contribution in [0.3, 0.4) is 0 Å². The molecule has 1 aromatic heterocycles. The molecule has 10 aromatic rings. The van der Waals surface area contributed by atoms with Crippen LogP contribution >= 0.6 is 11.3 Å². The third kappa shape index (κ3) is 5.04. The van der Waals surface area contributed by atoms with Crippen molar-refractivity contribution in [3.8, 4) is 33.4 Å². The lowest BCUT2D eigenvalue weighted by Gasteiger charge is -2.35. The van der Waals surface area contributed by atoms with E-state index in [4.69, 9.17) is 0 Å². The monoisotopic (exact) mass is 783 g/mol. The minimum absolute atomic E-state index is 0.135. The summed E-state index contributed by atoms with van der Waals surface area (Å²) in [5.41, 5.74) is 18.3. The highest BCUT2D eigenvalue weighted by atomic mass is 32.1. The van der Waals surface area contributed by atoms with E-state index < -0.39 is 5.41 Å². The average molecular weight is 784 g/mol. The number of benzene rings is 9. The molecule has 284 valence electrons. The Morgan fingerprint density at radius 1 is 0.350 bits per heavy atom. The molecule has 9 aromatic carbocycles. The zero-order valence-electron chi connectivity index (χ0n) is 33.6. The molecule has 60 heavy (non-hydrogen) atoms. The van der Waals surface area contributed by atoms with Gasteiger partial charge in [-0.05, 0) is 121 Å². The van der Waals surface area contributed by atoms with Crippen molar-refractivity contribution in [1.82, 2.24) is 0 Å². The summed E-state index contributed by atoms with van der Waals surface area (Å²) < 4.78 is 2.64. The van der Waals surface area contributed by atoms with Gasteiger partial charge in [-0.2, -0.15) is 0 Å². The van der Waals surface area contributed by atoms with Crippen LogP contribution in [0.25, 0.3) is 53.6 Å². The van der Waals surface area contributed by atoms with E-state index in [0.29, 0.717) is 0 Å². The van der Waals surface area contributed by atoms with E-state index in [9.17, 15) is 0 Å². The Hall–Kier alpha value is -7.00. The largest absolute Gasteiger partial charge is 0.310 e. The topological polar surface area (TPSA) is 3.24 Å². The number of anilines is 3. The molecule has 0 unspecified atom stereocenters. The summed E-state index contributed by atoms with van der Waals surface area (Å²) in [6.07, 6.45) is 0. The lowest BCUT2D eigenvalue weighted by atomic mass is 9.67. The van der Waals surface area contributed by atoms with E-state index in [1.807, 2.05) is 11.3 Å². The fourth-order valence-corrected chi connectivity index (χ4v) is 11.7. The highest BCUT2D eigenvalue weighted by Gasteiger charge is 2.46. The first-order chi connectivity index (χ1) is 29.5. The molecule has 0 atom stereocenters. The Morgan fingerprint density at radius 3 is 1.62 bits per heavy atom. The molecule has 2 aliphatic rings. The molecule has 2 aliphatic carbocycles. The van der Waals surface area contributed by atoms with Crippen LogP contribution in [0, 0.1) is 0 Å². The van der Waals surface area contributed by atoms with Crippen LogP contribution in [0.1, 0.15) is 47.2 Å². The van der Waals surface area contributed by atoms with E-state index in [1.165, 1.54) is 86.9 Å². The maximum Gasteiger partial charge on any atom is 0.0714 e. The molecule has 0 fully saturated rings. The van der Waals surface area contributed by atoms with Crippen LogP contribution in [-0.2, 0) is 10.8 Å². The van der Waals surface area contributed by atoms with Crippen molar-refractivity contribution in [2.45, 2.75) is 24.7 Å². The fraction of sp³-hybridized carbons (Fsp3) is 0.0690. The first kappa shape index (κ1) is 35.0. The van der Waals surface area contributed by atoms with Gasteiger partial charge in [0.2, 0.25) is 0 Å². The van der Waals surface area contributed by atoms with Crippen molar-refractivity contribution in [3.05, 3.63) is 246 Å². The number of nitrogens with zero attached hydrogens (tertiary/aromatic N) is 1. The van der Waals surface area contributed by atoms with E-state index >= 15 is 0 Å². The second kappa shape index (κ2) is 13.3. The van der Waals surface area contributed by atoms with Gasteiger partial charge in [0.05, 0.1) is 5.41 Å².